The summed E-state index contributed by atoms with van der Waals surface area (Å²) >= 11 is 0. The van der Waals surface area contributed by atoms with E-state index in [9.17, 15) is 0 Å². The van der Waals surface area contributed by atoms with E-state index in [-0.39, 0.29) is 0 Å². The lowest BCUT2D eigenvalue weighted by atomic mass is 10.1. The van der Waals surface area contributed by atoms with Gasteiger partial charge in [-0.05, 0) is 45.1 Å². The van der Waals surface area contributed by atoms with E-state index in [1.165, 1.54) is 25.9 Å². The lowest BCUT2D eigenvalue weighted by Gasteiger charge is -2.21. The largest absolute Gasteiger partial charge is 0.383 e. The Morgan fingerprint density at radius 1 is 1.24 bits per heavy atom. The first-order valence-corrected chi connectivity index (χ1v) is 7.77. The highest BCUT2D eigenvalue weighted by Gasteiger charge is 2.12. The Morgan fingerprint density at radius 3 is 2.81 bits per heavy atom. The Kier molecular flexibility index (Phi) is 4.36. The van der Waals surface area contributed by atoms with E-state index in [0.29, 0.717) is 5.82 Å². The lowest BCUT2D eigenvalue weighted by Crippen LogP contribution is -2.31. The molecule has 1 aliphatic rings. The SMILES string of the molecule is CN(CCN1CCCC1)Cc1cc2ccccc2nc1N. The highest BCUT2D eigenvalue weighted by molar-refractivity contribution is 5.81. The molecule has 0 amide bonds. The van der Waals surface area contributed by atoms with E-state index in [0.717, 1.165) is 36.1 Å². The molecular weight excluding hydrogens is 260 g/mol. The van der Waals surface area contributed by atoms with Gasteiger partial charge in [0.2, 0.25) is 0 Å². The van der Waals surface area contributed by atoms with Gasteiger partial charge in [-0.25, -0.2) is 4.98 Å². The van der Waals surface area contributed by atoms with Crippen molar-refractivity contribution in [3.05, 3.63) is 35.9 Å². The van der Waals surface area contributed by atoms with Gasteiger partial charge >= 0.3 is 0 Å². The van der Waals surface area contributed by atoms with Crippen molar-refractivity contribution in [1.82, 2.24) is 14.8 Å². The van der Waals surface area contributed by atoms with Crippen LogP contribution in [-0.2, 0) is 6.54 Å². The van der Waals surface area contributed by atoms with Crippen LogP contribution in [0, 0.1) is 0 Å². The summed E-state index contributed by atoms with van der Waals surface area (Å²) in [5.74, 6) is 0.654. The summed E-state index contributed by atoms with van der Waals surface area (Å²) in [6.07, 6.45) is 2.70. The smallest absolute Gasteiger partial charge is 0.128 e. The molecule has 4 nitrogen and oxygen atoms in total. The fourth-order valence-corrected chi connectivity index (χ4v) is 2.99. The molecule has 1 aromatic carbocycles. The number of rotatable bonds is 5. The molecule has 2 aromatic rings. The maximum Gasteiger partial charge on any atom is 0.128 e. The molecule has 0 saturated carbocycles. The molecule has 21 heavy (non-hydrogen) atoms. The minimum atomic E-state index is 0.654. The molecule has 2 N–H and O–H groups in total. The second kappa shape index (κ2) is 6.41. The van der Waals surface area contributed by atoms with Crippen molar-refractivity contribution in [2.45, 2.75) is 19.4 Å². The Labute approximate surface area is 126 Å². The molecule has 2 heterocycles. The Bertz CT molecular complexity index is 605. The molecule has 0 spiro atoms. The minimum Gasteiger partial charge on any atom is -0.383 e. The molecule has 0 radical (unpaired) electrons. The number of likely N-dealkylation sites (tertiary alicyclic amines) is 1. The number of benzene rings is 1. The average molecular weight is 284 g/mol. The summed E-state index contributed by atoms with van der Waals surface area (Å²) in [5, 5.41) is 1.16. The Balaban J connectivity index is 1.64. The Morgan fingerprint density at radius 2 is 2.00 bits per heavy atom. The number of nitrogens with zero attached hydrogens (tertiary/aromatic N) is 3. The molecule has 112 valence electrons. The molecule has 0 aliphatic carbocycles. The van der Waals surface area contributed by atoms with E-state index in [2.05, 4.69) is 34.0 Å². The van der Waals surface area contributed by atoms with Crippen LogP contribution in [0.15, 0.2) is 30.3 Å². The zero-order chi connectivity index (χ0) is 14.7. The number of hydrogen-bond acceptors (Lipinski definition) is 4. The van der Waals surface area contributed by atoms with Gasteiger partial charge in [0.05, 0.1) is 5.52 Å². The molecule has 1 aliphatic heterocycles. The fourth-order valence-electron chi connectivity index (χ4n) is 2.99. The van der Waals surface area contributed by atoms with Crippen molar-refractivity contribution in [2.24, 2.45) is 0 Å². The number of hydrogen-bond donors (Lipinski definition) is 1. The number of nitrogens with two attached hydrogens (primary N) is 1. The van der Waals surface area contributed by atoms with Crippen LogP contribution in [-0.4, -0.2) is 48.0 Å². The van der Waals surface area contributed by atoms with Crippen LogP contribution >= 0.6 is 0 Å². The van der Waals surface area contributed by atoms with Gasteiger partial charge in [-0.2, -0.15) is 0 Å². The summed E-state index contributed by atoms with van der Waals surface area (Å²) in [6.45, 7) is 5.60. The maximum absolute atomic E-state index is 6.11. The third-order valence-corrected chi connectivity index (χ3v) is 4.27. The number of pyridine rings is 1. The van der Waals surface area contributed by atoms with Gasteiger partial charge in [0, 0.05) is 30.6 Å². The average Bonchev–Trinajstić information content (AvgIpc) is 2.99. The van der Waals surface area contributed by atoms with Crippen molar-refractivity contribution < 1.29 is 0 Å². The van der Waals surface area contributed by atoms with E-state index >= 15 is 0 Å². The second-order valence-corrected chi connectivity index (χ2v) is 6.01. The van der Waals surface area contributed by atoms with Crippen LogP contribution in [0.25, 0.3) is 10.9 Å². The summed E-state index contributed by atoms with van der Waals surface area (Å²) in [6, 6.07) is 10.3. The molecular formula is C17H24N4. The van der Waals surface area contributed by atoms with Crippen LogP contribution in [0.1, 0.15) is 18.4 Å². The Hall–Kier alpha value is -1.65. The van der Waals surface area contributed by atoms with Crippen molar-refractivity contribution >= 4 is 16.7 Å². The molecule has 0 unspecified atom stereocenters. The van der Waals surface area contributed by atoms with Crippen molar-refractivity contribution in [2.75, 3.05) is 39.0 Å². The van der Waals surface area contributed by atoms with Crippen molar-refractivity contribution in [3.63, 3.8) is 0 Å². The topological polar surface area (TPSA) is 45.4 Å². The van der Waals surface area contributed by atoms with Crippen LogP contribution in [0.4, 0.5) is 5.82 Å². The maximum atomic E-state index is 6.11. The van der Waals surface area contributed by atoms with E-state index < -0.39 is 0 Å². The third-order valence-electron chi connectivity index (χ3n) is 4.27. The van der Waals surface area contributed by atoms with E-state index in [1.807, 2.05) is 18.2 Å². The van der Waals surface area contributed by atoms with Crippen LogP contribution in [0.3, 0.4) is 0 Å². The molecule has 0 atom stereocenters. The van der Waals surface area contributed by atoms with E-state index in [1.54, 1.807) is 0 Å². The summed E-state index contributed by atoms with van der Waals surface area (Å²) in [7, 11) is 2.16. The lowest BCUT2D eigenvalue weighted by molar-refractivity contribution is 0.252. The van der Waals surface area contributed by atoms with Gasteiger partial charge in [0.1, 0.15) is 5.82 Å². The summed E-state index contributed by atoms with van der Waals surface area (Å²) < 4.78 is 0. The van der Waals surface area contributed by atoms with Gasteiger partial charge in [-0.15, -0.1) is 0 Å². The van der Waals surface area contributed by atoms with Gasteiger partial charge in [-0.3, -0.25) is 0 Å². The fraction of sp³-hybridized carbons (Fsp3) is 0.471. The van der Waals surface area contributed by atoms with Crippen LogP contribution < -0.4 is 5.73 Å². The highest BCUT2D eigenvalue weighted by atomic mass is 15.2. The summed E-state index contributed by atoms with van der Waals surface area (Å²) in [5.41, 5.74) is 8.20. The zero-order valence-electron chi connectivity index (χ0n) is 12.8. The van der Waals surface area contributed by atoms with Crippen molar-refractivity contribution in [1.29, 1.82) is 0 Å². The van der Waals surface area contributed by atoms with Gasteiger partial charge < -0.3 is 15.5 Å². The molecule has 0 bridgehead atoms. The molecule has 1 fully saturated rings. The number of nitrogen functional groups attached to an aromatic ring is 1. The normalized spacial score (nSPS) is 16.1. The van der Waals surface area contributed by atoms with Crippen LogP contribution in [0.2, 0.25) is 0 Å². The first-order valence-electron chi connectivity index (χ1n) is 7.77. The number of likely N-dealkylation sites (N-methyl/N-ethyl adjacent to an activating group) is 1. The number of fused-ring (bicyclic) bond motifs is 1. The van der Waals surface area contributed by atoms with Crippen molar-refractivity contribution in [3.8, 4) is 0 Å². The molecule has 1 saturated heterocycles. The predicted octanol–water partition coefficient (Wildman–Crippen LogP) is 2.34. The predicted molar refractivity (Wildman–Crippen MR) is 88.2 cm³/mol. The first kappa shape index (κ1) is 14.3. The van der Waals surface area contributed by atoms with E-state index in [4.69, 9.17) is 5.73 Å². The van der Waals surface area contributed by atoms with Gasteiger partial charge in [0.15, 0.2) is 0 Å². The number of anilines is 1. The number of para-hydroxylation sites is 1. The van der Waals surface area contributed by atoms with Gasteiger partial charge in [0.25, 0.3) is 0 Å². The summed E-state index contributed by atoms with van der Waals surface area (Å²) in [4.78, 5) is 9.38. The molecule has 1 aromatic heterocycles. The van der Waals surface area contributed by atoms with Crippen LogP contribution in [0.5, 0.6) is 0 Å². The first-order chi connectivity index (χ1) is 10.2. The number of aromatic nitrogens is 1. The minimum absolute atomic E-state index is 0.654. The quantitative estimate of drug-likeness (QED) is 0.915. The molecule has 3 rings (SSSR count). The molecule has 4 heteroatoms. The van der Waals surface area contributed by atoms with Gasteiger partial charge in [-0.1, -0.05) is 18.2 Å². The second-order valence-electron chi connectivity index (χ2n) is 6.01. The highest BCUT2D eigenvalue weighted by Crippen LogP contribution is 2.19. The standard InChI is InChI=1S/C17H24N4/c1-20(10-11-21-8-4-5-9-21)13-15-12-14-6-2-3-7-16(14)19-17(15)18/h2-3,6-7,12H,4-5,8-11,13H2,1H3,(H2,18,19). The monoisotopic (exact) mass is 284 g/mol. The third kappa shape index (κ3) is 3.52. The zero-order valence-corrected chi connectivity index (χ0v) is 12.8.